The fourth-order valence-corrected chi connectivity index (χ4v) is 1.93. The molecule has 172 valence electrons. The van der Waals surface area contributed by atoms with Crippen LogP contribution in [0.25, 0.3) is 0 Å². The molecule has 9 nitrogen and oxygen atoms in total. The molecule has 28 heavy (non-hydrogen) atoms. The number of carbonyl (C=O) groups is 1. The molecule has 0 atom stereocenters. The molecule has 0 rings (SSSR count). The molecule has 9 heteroatoms. The van der Waals surface area contributed by atoms with Gasteiger partial charge in [0.2, 0.25) is 5.91 Å². The average molecular weight is 413 g/mol. The van der Waals surface area contributed by atoms with Crippen molar-refractivity contribution in [2.24, 2.45) is 0 Å². The van der Waals surface area contributed by atoms with Gasteiger partial charge in [0.05, 0.1) is 66.1 Å². The summed E-state index contributed by atoms with van der Waals surface area (Å²) in [7, 11) is 0. The first-order valence-electron chi connectivity index (χ1n) is 10.2. The SMILES string of the molecule is CCCOCCOCCOCCOCC(=O)NCCOCCOCCNCC.[HH].[HH]. The van der Waals surface area contributed by atoms with Crippen LogP contribution in [0.2, 0.25) is 0 Å². The highest BCUT2D eigenvalue weighted by molar-refractivity contribution is 5.77. The lowest BCUT2D eigenvalue weighted by molar-refractivity contribution is -0.126. The summed E-state index contributed by atoms with van der Waals surface area (Å²) in [5, 5.41) is 5.90. The second-order valence-corrected chi connectivity index (χ2v) is 5.82. The van der Waals surface area contributed by atoms with Gasteiger partial charge in [0.25, 0.3) is 0 Å². The summed E-state index contributed by atoms with van der Waals surface area (Å²) in [5.74, 6) is -0.166. The summed E-state index contributed by atoms with van der Waals surface area (Å²) >= 11 is 0. The molecule has 0 aromatic rings. The Morgan fingerprint density at radius 1 is 0.643 bits per heavy atom. The number of ether oxygens (including phenoxy) is 6. The van der Waals surface area contributed by atoms with Crippen LogP contribution in [0.1, 0.15) is 23.1 Å². The molecule has 0 aromatic heterocycles. The predicted molar refractivity (Wildman–Crippen MR) is 111 cm³/mol. The van der Waals surface area contributed by atoms with Gasteiger partial charge in [-0.15, -0.1) is 0 Å². The molecule has 0 aromatic carbocycles. The van der Waals surface area contributed by atoms with Crippen LogP contribution in [0.4, 0.5) is 0 Å². The van der Waals surface area contributed by atoms with Crippen molar-refractivity contribution in [2.45, 2.75) is 20.3 Å². The van der Waals surface area contributed by atoms with Gasteiger partial charge in [0.15, 0.2) is 0 Å². The van der Waals surface area contributed by atoms with E-state index >= 15 is 0 Å². The van der Waals surface area contributed by atoms with Crippen LogP contribution in [0.5, 0.6) is 0 Å². The van der Waals surface area contributed by atoms with Gasteiger partial charge in [-0.1, -0.05) is 13.8 Å². The van der Waals surface area contributed by atoms with Gasteiger partial charge in [-0.3, -0.25) is 4.79 Å². The molecule has 0 heterocycles. The maximum absolute atomic E-state index is 11.6. The molecule has 0 fully saturated rings. The van der Waals surface area contributed by atoms with Gasteiger partial charge < -0.3 is 39.1 Å². The van der Waals surface area contributed by atoms with Crippen molar-refractivity contribution in [3.05, 3.63) is 0 Å². The lowest BCUT2D eigenvalue weighted by Crippen LogP contribution is -2.31. The number of carbonyl (C=O) groups excluding carboxylic acids is 1. The lowest BCUT2D eigenvalue weighted by Gasteiger charge is -2.08. The Balaban J connectivity index is -0.00000364. The Hall–Kier alpha value is -0.810. The minimum absolute atomic E-state index is 0. The highest BCUT2D eigenvalue weighted by Gasteiger charge is 2.00. The number of nitrogens with one attached hydrogen (secondary N) is 2. The second kappa shape index (κ2) is 24.2. The van der Waals surface area contributed by atoms with Gasteiger partial charge in [0, 0.05) is 22.5 Å². The summed E-state index contributed by atoms with van der Waals surface area (Å²) < 4.78 is 32.0. The van der Waals surface area contributed by atoms with E-state index < -0.39 is 0 Å². The second-order valence-electron chi connectivity index (χ2n) is 5.82. The van der Waals surface area contributed by atoms with Gasteiger partial charge in [-0.2, -0.15) is 0 Å². The van der Waals surface area contributed by atoms with Gasteiger partial charge >= 0.3 is 0 Å². The Labute approximate surface area is 172 Å². The zero-order chi connectivity index (χ0) is 20.5. The summed E-state index contributed by atoms with van der Waals surface area (Å²) in [4.78, 5) is 11.6. The third kappa shape index (κ3) is 23.2. The molecule has 0 spiro atoms. The van der Waals surface area contributed by atoms with Gasteiger partial charge in [-0.25, -0.2) is 0 Å². The van der Waals surface area contributed by atoms with Crippen molar-refractivity contribution in [3.63, 3.8) is 0 Å². The molecule has 2 N–H and O–H groups in total. The molecule has 0 saturated heterocycles. The minimum atomic E-state index is -0.166. The largest absolute Gasteiger partial charge is 0.379 e. The van der Waals surface area contributed by atoms with Crippen molar-refractivity contribution < 1.29 is 36.1 Å². The highest BCUT2D eigenvalue weighted by atomic mass is 16.6. The first-order chi connectivity index (χ1) is 13.8. The molecule has 0 aliphatic rings. The number of likely N-dealkylation sites (N-methyl/N-ethyl adjacent to an activating group) is 1. The van der Waals surface area contributed by atoms with E-state index in [0.29, 0.717) is 72.6 Å². The van der Waals surface area contributed by atoms with E-state index in [2.05, 4.69) is 24.5 Å². The van der Waals surface area contributed by atoms with Crippen LogP contribution in [0, 0.1) is 0 Å². The van der Waals surface area contributed by atoms with Crippen molar-refractivity contribution in [1.29, 1.82) is 0 Å². The molecule has 0 saturated carbocycles. The van der Waals surface area contributed by atoms with E-state index in [9.17, 15) is 4.79 Å². The first kappa shape index (κ1) is 27.2. The number of hydrogen-bond donors (Lipinski definition) is 2. The minimum Gasteiger partial charge on any atom is -0.379 e. The molecule has 0 aliphatic carbocycles. The standard InChI is InChI=1S/C19H40N2O7.2H2/c1-3-7-23-10-13-26-14-15-27-16-17-28-18-19(22)21-6-9-25-12-11-24-8-5-20-4-2;;/h20H,3-18H2,1-2H3,(H,21,22);2*1H. The molecule has 0 radical (unpaired) electrons. The van der Waals surface area contributed by atoms with Crippen LogP contribution in [0.3, 0.4) is 0 Å². The Morgan fingerprint density at radius 2 is 1.11 bits per heavy atom. The topological polar surface area (TPSA) is 96.5 Å². The van der Waals surface area contributed by atoms with Crippen molar-refractivity contribution in [3.8, 4) is 0 Å². The van der Waals surface area contributed by atoms with Crippen molar-refractivity contribution in [2.75, 3.05) is 98.9 Å². The number of rotatable bonds is 23. The van der Waals surface area contributed by atoms with Gasteiger partial charge in [-0.05, 0) is 13.0 Å². The normalized spacial score (nSPS) is 11.1. The van der Waals surface area contributed by atoms with Crippen LogP contribution in [0.15, 0.2) is 0 Å². The number of amides is 1. The van der Waals surface area contributed by atoms with Crippen LogP contribution in [-0.2, 0) is 33.2 Å². The smallest absolute Gasteiger partial charge is 0.246 e. The molecule has 1 amide bonds. The van der Waals surface area contributed by atoms with E-state index in [1.54, 1.807) is 0 Å². The summed E-state index contributed by atoms with van der Waals surface area (Å²) in [5.41, 5.74) is 0. The zero-order valence-corrected chi connectivity index (χ0v) is 17.7. The van der Waals surface area contributed by atoms with Crippen LogP contribution in [-0.4, -0.2) is 105 Å². The van der Waals surface area contributed by atoms with Gasteiger partial charge in [0.1, 0.15) is 6.61 Å². The first-order valence-corrected chi connectivity index (χ1v) is 10.2. The van der Waals surface area contributed by atoms with E-state index in [4.69, 9.17) is 28.4 Å². The molecule has 0 bridgehead atoms. The summed E-state index contributed by atoms with van der Waals surface area (Å²) in [6.07, 6.45) is 1.02. The Bertz CT molecular complexity index is 333. The Morgan fingerprint density at radius 3 is 1.64 bits per heavy atom. The molecular weight excluding hydrogens is 368 g/mol. The monoisotopic (exact) mass is 412 g/mol. The quantitative estimate of drug-likeness (QED) is 0.237. The van der Waals surface area contributed by atoms with E-state index in [1.165, 1.54) is 0 Å². The zero-order valence-electron chi connectivity index (χ0n) is 17.7. The Kier molecular flexibility index (Phi) is 23.5. The summed E-state index contributed by atoms with van der Waals surface area (Å²) in [6, 6.07) is 0. The molecule has 0 aliphatic heterocycles. The number of hydrogen-bond acceptors (Lipinski definition) is 8. The van der Waals surface area contributed by atoms with Crippen LogP contribution >= 0.6 is 0 Å². The highest BCUT2D eigenvalue weighted by Crippen LogP contribution is 1.84. The molecular formula is C19H44N2O7. The third-order valence-corrected chi connectivity index (χ3v) is 3.31. The average Bonchev–Trinajstić information content (AvgIpc) is 2.70. The van der Waals surface area contributed by atoms with E-state index in [1.807, 2.05) is 0 Å². The molecule has 0 unspecified atom stereocenters. The van der Waals surface area contributed by atoms with Crippen molar-refractivity contribution >= 4 is 5.91 Å². The van der Waals surface area contributed by atoms with Crippen molar-refractivity contribution in [1.82, 2.24) is 10.6 Å². The lowest BCUT2D eigenvalue weighted by atomic mass is 10.5. The fraction of sp³-hybridized carbons (Fsp3) is 0.947. The van der Waals surface area contributed by atoms with Crippen LogP contribution < -0.4 is 10.6 Å². The maximum Gasteiger partial charge on any atom is 0.246 e. The summed E-state index contributed by atoms with van der Waals surface area (Å²) in [6.45, 7) is 12.4. The van der Waals surface area contributed by atoms with E-state index in [0.717, 1.165) is 26.1 Å². The van der Waals surface area contributed by atoms with E-state index in [-0.39, 0.29) is 15.4 Å². The fourth-order valence-electron chi connectivity index (χ4n) is 1.93. The predicted octanol–water partition coefficient (Wildman–Crippen LogP) is 0.714. The third-order valence-electron chi connectivity index (χ3n) is 3.31. The maximum atomic E-state index is 11.6.